The molecule has 0 saturated heterocycles. The summed E-state index contributed by atoms with van der Waals surface area (Å²) in [6.45, 7) is 0. The number of fused-ring (bicyclic) bond motifs is 7. The lowest BCUT2D eigenvalue weighted by Crippen LogP contribution is -2.35. The molecule has 0 N–H and O–H groups in total. The minimum atomic E-state index is -0.284. The molecule has 1 fully saturated rings. The van der Waals surface area contributed by atoms with Crippen molar-refractivity contribution in [1.29, 1.82) is 0 Å². The van der Waals surface area contributed by atoms with Crippen LogP contribution in [0.15, 0.2) is 223 Å². The van der Waals surface area contributed by atoms with E-state index in [1.165, 1.54) is 73.2 Å². The van der Waals surface area contributed by atoms with Crippen molar-refractivity contribution >= 4 is 5.57 Å². The Labute approximate surface area is 360 Å². The molecular weight excluding hydrogens is 735 g/mol. The third-order valence-corrected chi connectivity index (χ3v) is 14.9. The van der Waals surface area contributed by atoms with E-state index in [2.05, 4.69) is 200 Å². The van der Waals surface area contributed by atoms with Gasteiger partial charge >= 0.3 is 0 Å². The van der Waals surface area contributed by atoms with Gasteiger partial charge in [-0.15, -0.1) is 0 Å². The highest BCUT2D eigenvalue weighted by atomic mass is 14.7. The van der Waals surface area contributed by atoms with Crippen LogP contribution in [0.3, 0.4) is 0 Å². The van der Waals surface area contributed by atoms with E-state index in [9.17, 15) is 0 Å². The number of hydrogen-bond acceptors (Lipinski definition) is 1. The first-order valence-electron chi connectivity index (χ1n) is 22.5. The van der Waals surface area contributed by atoms with E-state index in [1.54, 1.807) is 11.1 Å². The van der Waals surface area contributed by atoms with Gasteiger partial charge in [0.25, 0.3) is 0 Å². The Morgan fingerprint density at radius 3 is 2.07 bits per heavy atom. The normalized spacial score (nSPS) is 24.4. The molecule has 6 aromatic rings. The maximum atomic E-state index is 5.26. The second kappa shape index (κ2) is 14.9. The molecule has 1 nitrogen and oxygen atoms in total. The smallest absolute Gasteiger partial charge is 0.0712 e. The molecule has 294 valence electrons. The summed E-state index contributed by atoms with van der Waals surface area (Å²) in [5.74, 6) is 1.55. The summed E-state index contributed by atoms with van der Waals surface area (Å²) in [5.41, 5.74) is 21.8. The number of allylic oxidation sites excluding steroid dienone is 14. The lowest BCUT2D eigenvalue weighted by atomic mass is 9.58. The number of rotatable bonds is 6. The van der Waals surface area contributed by atoms with Crippen LogP contribution in [-0.4, -0.2) is 4.98 Å². The molecule has 0 aliphatic heterocycles. The predicted molar refractivity (Wildman–Crippen MR) is 253 cm³/mol. The number of benzene rings is 5. The number of hydrogen-bond donors (Lipinski definition) is 0. The predicted octanol–water partition coefficient (Wildman–Crippen LogP) is 15.0. The zero-order chi connectivity index (χ0) is 40.3. The molecule has 1 aromatic heterocycles. The van der Waals surface area contributed by atoms with E-state index >= 15 is 0 Å². The van der Waals surface area contributed by atoms with Crippen molar-refractivity contribution < 1.29 is 0 Å². The molecule has 0 spiro atoms. The monoisotopic (exact) mass is 783 g/mol. The van der Waals surface area contributed by atoms with Crippen LogP contribution in [0.4, 0.5) is 0 Å². The van der Waals surface area contributed by atoms with Crippen molar-refractivity contribution in [3.63, 3.8) is 0 Å². The molecule has 5 unspecified atom stereocenters. The topological polar surface area (TPSA) is 12.9 Å². The molecular formula is C60H49N. The average Bonchev–Trinajstić information content (AvgIpc) is 3.65. The summed E-state index contributed by atoms with van der Waals surface area (Å²) in [6.07, 6.45) is 28.2. The summed E-state index contributed by atoms with van der Waals surface area (Å²) in [6, 6.07) is 54.4. The molecule has 5 aromatic carbocycles. The van der Waals surface area contributed by atoms with Crippen LogP contribution in [0.5, 0.6) is 0 Å². The molecule has 0 bridgehead atoms. The van der Waals surface area contributed by atoms with E-state index in [1.807, 2.05) is 0 Å². The lowest BCUT2D eigenvalue weighted by Gasteiger charge is -2.45. The minimum absolute atomic E-state index is 0.284. The SMILES string of the molecule is C1=CCC(C2(c3ccccc3)c3ccccc3-c3ccc(C4=CC=CC5=C6C=CCCC6=C6CC(c7cc(-c8ccccc8)nc(-c8ccccc8)c7)CCC6C45)cc32)C=C1. The fourth-order valence-electron chi connectivity index (χ4n) is 12.3. The first kappa shape index (κ1) is 36.3. The van der Waals surface area contributed by atoms with Crippen LogP contribution < -0.4 is 0 Å². The Hall–Kier alpha value is -6.57. The molecule has 5 atom stereocenters. The van der Waals surface area contributed by atoms with Crippen molar-refractivity contribution in [2.45, 2.75) is 49.9 Å². The van der Waals surface area contributed by atoms with Crippen molar-refractivity contribution in [3.05, 3.63) is 250 Å². The van der Waals surface area contributed by atoms with E-state index < -0.39 is 0 Å². The molecule has 61 heavy (non-hydrogen) atoms. The van der Waals surface area contributed by atoms with Crippen molar-refractivity contribution in [2.24, 2.45) is 17.8 Å². The van der Waals surface area contributed by atoms with Gasteiger partial charge in [-0.3, -0.25) is 0 Å². The maximum absolute atomic E-state index is 5.26. The van der Waals surface area contributed by atoms with Gasteiger partial charge in [0.05, 0.1) is 16.8 Å². The highest BCUT2D eigenvalue weighted by Crippen LogP contribution is 2.60. The summed E-state index contributed by atoms with van der Waals surface area (Å²) < 4.78 is 0. The van der Waals surface area contributed by atoms with Gasteiger partial charge in [0.1, 0.15) is 0 Å². The second-order valence-corrected chi connectivity index (χ2v) is 17.9. The van der Waals surface area contributed by atoms with Crippen LogP contribution in [0.2, 0.25) is 0 Å². The van der Waals surface area contributed by atoms with Crippen molar-refractivity contribution in [2.75, 3.05) is 0 Å². The highest BCUT2D eigenvalue weighted by Gasteiger charge is 2.50. The van der Waals surface area contributed by atoms with E-state index in [4.69, 9.17) is 4.98 Å². The standard InChI is InChI=1S/C60H49N/c1-5-18-40(19-6-1)57-38-44(39-58(61-57)41-20-7-2-8-21-41)42-32-35-53-54(36-42)49-27-14-13-26-48(49)52-30-17-29-47(59(52)53)43-33-34-51-50-28-15-16-31-55(50)60(56(51)37-43,45-22-9-3-10-23-45)46-24-11-4-12-25-46/h1-13,15-24,26,28-31,33-34,37-39,42,46,53,59H,14,25,27,32,35-36H2. The number of nitrogens with zero attached hydrogens (tertiary/aromatic N) is 1. The lowest BCUT2D eigenvalue weighted by molar-refractivity contribution is 0.363. The molecule has 0 radical (unpaired) electrons. The van der Waals surface area contributed by atoms with Gasteiger partial charge < -0.3 is 0 Å². The third kappa shape index (κ3) is 5.85. The van der Waals surface area contributed by atoms with Crippen molar-refractivity contribution in [3.8, 4) is 33.6 Å². The number of aromatic nitrogens is 1. The third-order valence-electron chi connectivity index (χ3n) is 14.9. The van der Waals surface area contributed by atoms with Crippen LogP contribution >= 0.6 is 0 Å². The molecule has 1 saturated carbocycles. The Morgan fingerprint density at radius 2 is 1.31 bits per heavy atom. The van der Waals surface area contributed by atoms with Crippen LogP contribution in [0.25, 0.3) is 39.2 Å². The maximum Gasteiger partial charge on any atom is 0.0712 e. The molecule has 12 rings (SSSR count). The molecule has 1 heteroatoms. The minimum Gasteiger partial charge on any atom is -0.248 e. The summed E-state index contributed by atoms with van der Waals surface area (Å²) in [4.78, 5) is 5.26. The first-order valence-corrected chi connectivity index (χ1v) is 22.5. The average molecular weight is 784 g/mol. The highest BCUT2D eigenvalue weighted by molar-refractivity contribution is 5.87. The Balaban J connectivity index is 0.968. The molecule has 1 heterocycles. The van der Waals surface area contributed by atoms with Gasteiger partial charge in [0, 0.05) is 17.0 Å². The Morgan fingerprint density at radius 1 is 0.590 bits per heavy atom. The molecule has 0 amide bonds. The fraction of sp³-hybridized carbons (Fsp3) is 0.183. The van der Waals surface area contributed by atoms with Gasteiger partial charge in [0.15, 0.2) is 0 Å². The van der Waals surface area contributed by atoms with Gasteiger partial charge in [-0.2, -0.15) is 0 Å². The first-order chi connectivity index (χ1) is 30.3. The van der Waals surface area contributed by atoms with Crippen molar-refractivity contribution in [1.82, 2.24) is 4.98 Å². The van der Waals surface area contributed by atoms with Gasteiger partial charge in [0.2, 0.25) is 0 Å². The summed E-state index contributed by atoms with van der Waals surface area (Å²) in [7, 11) is 0. The summed E-state index contributed by atoms with van der Waals surface area (Å²) in [5, 5.41) is 0. The van der Waals surface area contributed by atoms with Gasteiger partial charge in [-0.25, -0.2) is 4.98 Å². The Bertz CT molecular complexity index is 2860. The van der Waals surface area contributed by atoms with E-state index in [0.29, 0.717) is 23.7 Å². The fourth-order valence-corrected chi connectivity index (χ4v) is 12.3. The van der Waals surface area contributed by atoms with Crippen LogP contribution in [0.1, 0.15) is 72.3 Å². The summed E-state index contributed by atoms with van der Waals surface area (Å²) >= 11 is 0. The van der Waals surface area contributed by atoms with Crippen LogP contribution in [-0.2, 0) is 5.41 Å². The molecule has 6 aliphatic rings. The van der Waals surface area contributed by atoms with Crippen LogP contribution in [0, 0.1) is 17.8 Å². The van der Waals surface area contributed by atoms with E-state index in [-0.39, 0.29) is 5.41 Å². The quantitative estimate of drug-likeness (QED) is 0.164. The number of pyridine rings is 1. The van der Waals surface area contributed by atoms with E-state index in [0.717, 1.165) is 43.5 Å². The van der Waals surface area contributed by atoms with Gasteiger partial charge in [-0.1, -0.05) is 188 Å². The molecule has 6 aliphatic carbocycles. The zero-order valence-electron chi connectivity index (χ0n) is 34.6. The Kier molecular flexibility index (Phi) is 8.84. The zero-order valence-corrected chi connectivity index (χ0v) is 34.6. The largest absolute Gasteiger partial charge is 0.248 e. The second-order valence-electron chi connectivity index (χ2n) is 17.9. The van der Waals surface area contributed by atoms with Gasteiger partial charge in [-0.05, 0) is 136 Å².